The number of amides is 1. The molecule has 0 radical (unpaired) electrons. The molecule has 1 N–H and O–H groups in total. The highest BCUT2D eigenvalue weighted by molar-refractivity contribution is 5.84. The van der Waals surface area contributed by atoms with E-state index in [1.807, 2.05) is 4.90 Å². The number of nitrogens with zero attached hydrogens (tertiary/aromatic N) is 1. The zero-order valence-corrected chi connectivity index (χ0v) is 9.83. The summed E-state index contributed by atoms with van der Waals surface area (Å²) in [4.78, 5) is 14.1. The van der Waals surface area contributed by atoms with Crippen LogP contribution in [0.4, 0.5) is 0 Å². The van der Waals surface area contributed by atoms with Gasteiger partial charge in [0.25, 0.3) is 0 Å². The SMILES string of the molecule is CCCC1NC(C)N(CC2CCC2)C1=O. The normalized spacial score (nSPS) is 32.1. The average molecular weight is 210 g/mol. The number of hydrogen-bond donors (Lipinski definition) is 1. The van der Waals surface area contributed by atoms with Crippen molar-refractivity contribution in [1.29, 1.82) is 0 Å². The number of hydrogen-bond acceptors (Lipinski definition) is 2. The second kappa shape index (κ2) is 4.52. The Bertz CT molecular complexity index is 238. The number of carbonyl (C=O) groups excluding carboxylic acids is 1. The standard InChI is InChI=1S/C12H22N2O/c1-3-5-11-12(15)14(9(2)13-11)8-10-6-4-7-10/h9-11,13H,3-8H2,1-2H3. The monoisotopic (exact) mass is 210 g/mol. The van der Waals surface area contributed by atoms with Gasteiger partial charge in [0.2, 0.25) is 5.91 Å². The van der Waals surface area contributed by atoms with Gasteiger partial charge < -0.3 is 4.90 Å². The van der Waals surface area contributed by atoms with E-state index < -0.39 is 0 Å². The summed E-state index contributed by atoms with van der Waals surface area (Å²) >= 11 is 0. The van der Waals surface area contributed by atoms with Crippen LogP contribution in [0.3, 0.4) is 0 Å². The van der Waals surface area contributed by atoms with E-state index >= 15 is 0 Å². The third kappa shape index (κ3) is 2.17. The first-order valence-electron chi connectivity index (χ1n) is 6.29. The van der Waals surface area contributed by atoms with Gasteiger partial charge in [0.15, 0.2) is 0 Å². The molecular weight excluding hydrogens is 188 g/mol. The molecule has 3 heteroatoms. The molecule has 0 aromatic heterocycles. The highest BCUT2D eigenvalue weighted by Crippen LogP contribution is 2.29. The molecule has 2 atom stereocenters. The zero-order chi connectivity index (χ0) is 10.8. The van der Waals surface area contributed by atoms with E-state index in [0.717, 1.165) is 25.3 Å². The Kier molecular flexibility index (Phi) is 3.29. The Morgan fingerprint density at radius 3 is 2.73 bits per heavy atom. The first kappa shape index (κ1) is 10.9. The molecule has 1 aliphatic carbocycles. The van der Waals surface area contributed by atoms with Crippen molar-refractivity contribution in [2.24, 2.45) is 5.92 Å². The van der Waals surface area contributed by atoms with Crippen molar-refractivity contribution in [3.63, 3.8) is 0 Å². The van der Waals surface area contributed by atoms with Gasteiger partial charge in [0.05, 0.1) is 12.2 Å². The number of carbonyl (C=O) groups is 1. The highest BCUT2D eigenvalue weighted by Gasteiger charge is 2.37. The highest BCUT2D eigenvalue weighted by atomic mass is 16.2. The van der Waals surface area contributed by atoms with Crippen LogP contribution in [0.1, 0.15) is 46.0 Å². The Labute approximate surface area is 92.2 Å². The fraction of sp³-hybridized carbons (Fsp3) is 0.917. The lowest BCUT2D eigenvalue weighted by atomic mass is 9.85. The van der Waals surface area contributed by atoms with Crippen molar-refractivity contribution in [3.05, 3.63) is 0 Å². The summed E-state index contributed by atoms with van der Waals surface area (Å²) < 4.78 is 0. The molecule has 2 aliphatic rings. The van der Waals surface area contributed by atoms with E-state index in [9.17, 15) is 4.79 Å². The molecule has 1 amide bonds. The van der Waals surface area contributed by atoms with Crippen LogP contribution in [0, 0.1) is 5.92 Å². The third-order valence-corrected chi connectivity index (χ3v) is 3.75. The maximum Gasteiger partial charge on any atom is 0.241 e. The van der Waals surface area contributed by atoms with Crippen LogP contribution in [-0.2, 0) is 4.79 Å². The minimum atomic E-state index is 0.0880. The predicted molar refractivity (Wildman–Crippen MR) is 60.3 cm³/mol. The Morgan fingerprint density at radius 1 is 1.47 bits per heavy atom. The molecule has 1 saturated carbocycles. The minimum Gasteiger partial charge on any atom is -0.326 e. The van der Waals surface area contributed by atoms with Gasteiger partial charge >= 0.3 is 0 Å². The van der Waals surface area contributed by atoms with E-state index in [1.165, 1.54) is 19.3 Å². The van der Waals surface area contributed by atoms with Crippen LogP contribution in [0.15, 0.2) is 0 Å². The summed E-state index contributed by atoms with van der Waals surface area (Å²) in [7, 11) is 0. The Balaban J connectivity index is 1.89. The fourth-order valence-electron chi connectivity index (χ4n) is 2.54. The van der Waals surface area contributed by atoms with E-state index in [1.54, 1.807) is 0 Å². The summed E-state index contributed by atoms with van der Waals surface area (Å²) in [6.07, 6.45) is 6.28. The lowest BCUT2D eigenvalue weighted by molar-refractivity contribution is -0.130. The smallest absolute Gasteiger partial charge is 0.241 e. The second-order valence-corrected chi connectivity index (χ2v) is 4.97. The molecule has 0 aromatic rings. The van der Waals surface area contributed by atoms with Crippen LogP contribution < -0.4 is 5.32 Å². The summed E-state index contributed by atoms with van der Waals surface area (Å²) in [6, 6.07) is 0.0880. The van der Waals surface area contributed by atoms with Crippen LogP contribution in [0.5, 0.6) is 0 Å². The average Bonchev–Trinajstić information content (AvgIpc) is 2.38. The molecule has 0 bridgehead atoms. The van der Waals surface area contributed by atoms with Gasteiger partial charge in [0, 0.05) is 6.54 Å². The van der Waals surface area contributed by atoms with Crippen LogP contribution in [-0.4, -0.2) is 29.6 Å². The van der Waals surface area contributed by atoms with Gasteiger partial charge in [-0.05, 0) is 32.1 Å². The van der Waals surface area contributed by atoms with E-state index in [-0.39, 0.29) is 12.2 Å². The van der Waals surface area contributed by atoms with Gasteiger partial charge in [-0.3, -0.25) is 10.1 Å². The van der Waals surface area contributed by atoms with E-state index in [4.69, 9.17) is 0 Å². The second-order valence-electron chi connectivity index (χ2n) is 4.97. The molecule has 1 aliphatic heterocycles. The zero-order valence-electron chi connectivity index (χ0n) is 9.83. The largest absolute Gasteiger partial charge is 0.326 e. The first-order valence-corrected chi connectivity index (χ1v) is 6.29. The molecular formula is C12H22N2O. The topological polar surface area (TPSA) is 32.3 Å². The summed E-state index contributed by atoms with van der Waals surface area (Å²) in [6.45, 7) is 5.22. The fourth-order valence-corrected chi connectivity index (χ4v) is 2.54. The van der Waals surface area contributed by atoms with Gasteiger partial charge in [-0.25, -0.2) is 0 Å². The molecule has 0 aromatic carbocycles. The summed E-state index contributed by atoms with van der Waals surface area (Å²) in [5, 5.41) is 3.38. The Hall–Kier alpha value is -0.570. The lowest BCUT2D eigenvalue weighted by Crippen LogP contribution is -2.40. The maximum atomic E-state index is 12.0. The van der Waals surface area contributed by atoms with Gasteiger partial charge in [-0.1, -0.05) is 19.8 Å². The summed E-state index contributed by atoms with van der Waals surface area (Å²) in [5.74, 6) is 1.11. The number of nitrogens with one attached hydrogen (secondary N) is 1. The van der Waals surface area contributed by atoms with Crippen LogP contribution in [0.2, 0.25) is 0 Å². The Morgan fingerprint density at radius 2 is 2.20 bits per heavy atom. The number of rotatable bonds is 4. The van der Waals surface area contributed by atoms with Crippen molar-refractivity contribution < 1.29 is 4.79 Å². The summed E-state index contributed by atoms with van der Waals surface area (Å²) in [5.41, 5.74) is 0. The molecule has 2 fully saturated rings. The van der Waals surface area contributed by atoms with Crippen molar-refractivity contribution in [2.45, 2.75) is 58.2 Å². The van der Waals surface area contributed by atoms with Gasteiger partial charge in [-0.15, -0.1) is 0 Å². The van der Waals surface area contributed by atoms with Gasteiger partial charge in [0.1, 0.15) is 0 Å². The molecule has 2 unspecified atom stereocenters. The van der Waals surface area contributed by atoms with Crippen LogP contribution >= 0.6 is 0 Å². The molecule has 86 valence electrons. The van der Waals surface area contributed by atoms with E-state index in [0.29, 0.717) is 5.91 Å². The molecule has 1 heterocycles. The minimum absolute atomic E-state index is 0.0880. The molecule has 1 saturated heterocycles. The molecule has 3 nitrogen and oxygen atoms in total. The molecule has 2 rings (SSSR count). The van der Waals surface area contributed by atoms with Crippen molar-refractivity contribution in [3.8, 4) is 0 Å². The first-order chi connectivity index (χ1) is 7.22. The quantitative estimate of drug-likeness (QED) is 0.766. The predicted octanol–water partition coefficient (Wildman–Crippen LogP) is 1.73. The molecule has 15 heavy (non-hydrogen) atoms. The van der Waals surface area contributed by atoms with Crippen LogP contribution in [0.25, 0.3) is 0 Å². The maximum absolute atomic E-state index is 12.0. The van der Waals surface area contributed by atoms with Gasteiger partial charge in [-0.2, -0.15) is 0 Å². The molecule has 0 spiro atoms. The van der Waals surface area contributed by atoms with E-state index in [2.05, 4.69) is 19.2 Å². The van der Waals surface area contributed by atoms with Crippen molar-refractivity contribution >= 4 is 5.91 Å². The van der Waals surface area contributed by atoms with Crippen molar-refractivity contribution in [2.75, 3.05) is 6.54 Å². The van der Waals surface area contributed by atoms with Crippen molar-refractivity contribution in [1.82, 2.24) is 10.2 Å². The lowest BCUT2D eigenvalue weighted by Gasteiger charge is -2.31. The third-order valence-electron chi connectivity index (χ3n) is 3.75.